The van der Waals surface area contributed by atoms with Crippen molar-refractivity contribution >= 4 is 17.3 Å². The molecule has 2 aliphatic rings. The highest BCUT2D eigenvalue weighted by atomic mass is 16.2. The maximum absolute atomic E-state index is 12.1. The Balaban J connectivity index is 1.76. The molecule has 1 N–H and O–H groups in total. The molecule has 0 atom stereocenters. The summed E-state index contributed by atoms with van der Waals surface area (Å²) in [6, 6.07) is 8.46. The number of hydrogen-bond acceptors (Lipinski definition) is 4. The van der Waals surface area contributed by atoms with Gasteiger partial charge < -0.3 is 15.1 Å². The van der Waals surface area contributed by atoms with Crippen molar-refractivity contribution < 1.29 is 4.79 Å². The highest BCUT2D eigenvalue weighted by Crippen LogP contribution is 2.32. The number of rotatable bonds is 4. The second-order valence-corrected chi connectivity index (χ2v) is 5.53. The van der Waals surface area contributed by atoms with Gasteiger partial charge in [-0.1, -0.05) is 0 Å². The molecule has 0 saturated carbocycles. The summed E-state index contributed by atoms with van der Waals surface area (Å²) in [4.78, 5) is 16.3. The molecule has 0 aromatic heterocycles. The van der Waals surface area contributed by atoms with Crippen LogP contribution in [-0.4, -0.2) is 38.6 Å². The van der Waals surface area contributed by atoms with Gasteiger partial charge in [-0.2, -0.15) is 5.26 Å². The molecule has 1 aromatic rings. The predicted octanol–water partition coefficient (Wildman–Crippen LogP) is 1.29. The summed E-state index contributed by atoms with van der Waals surface area (Å²) >= 11 is 0. The van der Waals surface area contributed by atoms with E-state index >= 15 is 0 Å². The molecule has 5 heteroatoms. The monoisotopic (exact) mass is 284 g/mol. The summed E-state index contributed by atoms with van der Waals surface area (Å²) in [5.41, 5.74) is 3.35. The van der Waals surface area contributed by atoms with Gasteiger partial charge in [0.25, 0.3) is 0 Å². The van der Waals surface area contributed by atoms with Crippen molar-refractivity contribution in [1.82, 2.24) is 5.32 Å². The molecule has 1 saturated heterocycles. The van der Waals surface area contributed by atoms with Crippen LogP contribution in [0, 0.1) is 11.3 Å². The third-order valence-corrected chi connectivity index (χ3v) is 4.15. The zero-order valence-electron chi connectivity index (χ0n) is 12.1. The number of hydrogen-bond donors (Lipinski definition) is 1. The lowest BCUT2D eigenvalue weighted by Crippen LogP contribution is -2.43. The topological polar surface area (TPSA) is 59.4 Å². The number of benzene rings is 1. The lowest BCUT2D eigenvalue weighted by Gasteiger charge is -2.30. The van der Waals surface area contributed by atoms with E-state index in [2.05, 4.69) is 34.5 Å². The molecule has 1 aromatic carbocycles. The third kappa shape index (κ3) is 2.86. The molecule has 1 amide bonds. The maximum Gasteiger partial charge on any atom is 0.231 e. The zero-order valence-corrected chi connectivity index (χ0v) is 12.1. The number of piperazine rings is 1. The average Bonchev–Trinajstić information content (AvgIpc) is 2.83. The normalized spacial score (nSPS) is 17.8. The maximum atomic E-state index is 12.1. The van der Waals surface area contributed by atoms with E-state index in [0.29, 0.717) is 19.4 Å². The Morgan fingerprint density at radius 1 is 1.29 bits per heavy atom. The van der Waals surface area contributed by atoms with Crippen LogP contribution in [0.2, 0.25) is 0 Å². The van der Waals surface area contributed by atoms with Crippen molar-refractivity contribution in [1.29, 1.82) is 5.26 Å². The van der Waals surface area contributed by atoms with Crippen LogP contribution in [0.5, 0.6) is 0 Å². The fourth-order valence-electron chi connectivity index (χ4n) is 3.05. The Bertz CT molecular complexity index is 572. The van der Waals surface area contributed by atoms with Gasteiger partial charge in [0.15, 0.2) is 0 Å². The van der Waals surface area contributed by atoms with Crippen LogP contribution in [0.1, 0.15) is 18.4 Å². The smallest absolute Gasteiger partial charge is 0.231 e. The molecule has 0 aliphatic carbocycles. The van der Waals surface area contributed by atoms with Crippen LogP contribution >= 0.6 is 0 Å². The van der Waals surface area contributed by atoms with Gasteiger partial charge in [-0.25, -0.2) is 0 Å². The first-order valence-corrected chi connectivity index (χ1v) is 7.55. The number of nitrogens with zero attached hydrogens (tertiary/aromatic N) is 3. The quantitative estimate of drug-likeness (QED) is 0.846. The van der Waals surface area contributed by atoms with Crippen LogP contribution in [0.25, 0.3) is 0 Å². The van der Waals surface area contributed by atoms with Crippen molar-refractivity contribution in [2.75, 3.05) is 42.5 Å². The minimum absolute atomic E-state index is 0.153. The summed E-state index contributed by atoms with van der Waals surface area (Å²) in [7, 11) is 0. The highest BCUT2D eigenvalue weighted by molar-refractivity contribution is 6.01. The molecule has 0 radical (unpaired) electrons. The number of amides is 1. The van der Waals surface area contributed by atoms with Gasteiger partial charge >= 0.3 is 0 Å². The Labute approximate surface area is 125 Å². The molecule has 0 bridgehead atoms. The van der Waals surface area contributed by atoms with Crippen molar-refractivity contribution in [3.63, 3.8) is 0 Å². The van der Waals surface area contributed by atoms with E-state index in [4.69, 9.17) is 5.26 Å². The lowest BCUT2D eigenvalue weighted by atomic mass is 10.1. The summed E-state index contributed by atoms with van der Waals surface area (Å²) in [6.07, 6.45) is 1.72. The van der Waals surface area contributed by atoms with E-state index < -0.39 is 0 Å². The molecule has 3 rings (SSSR count). The Kier molecular flexibility index (Phi) is 4.07. The first kappa shape index (κ1) is 13.9. The summed E-state index contributed by atoms with van der Waals surface area (Å²) in [5.74, 6) is 0.153. The molecule has 5 nitrogen and oxygen atoms in total. The second kappa shape index (κ2) is 6.15. The van der Waals surface area contributed by atoms with Crippen LogP contribution < -0.4 is 15.1 Å². The Hall–Kier alpha value is -2.06. The molecular weight excluding hydrogens is 264 g/mol. The van der Waals surface area contributed by atoms with E-state index in [1.54, 1.807) is 0 Å². The lowest BCUT2D eigenvalue weighted by molar-refractivity contribution is -0.117. The largest absolute Gasteiger partial charge is 0.369 e. The van der Waals surface area contributed by atoms with Gasteiger partial charge in [-0.15, -0.1) is 0 Å². The molecule has 0 unspecified atom stereocenters. The van der Waals surface area contributed by atoms with Crippen LogP contribution in [0.4, 0.5) is 11.4 Å². The van der Waals surface area contributed by atoms with Gasteiger partial charge in [0.05, 0.1) is 12.5 Å². The summed E-state index contributed by atoms with van der Waals surface area (Å²) in [6.45, 7) is 4.69. The first-order chi connectivity index (χ1) is 10.3. The number of carbonyl (C=O) groups is 1. The molecule has 1 fully saturated rings. The van der Waals surface area contributed by atoms with Crippen LogP contribution in [-0.2, 0) is 11.2 Å². The van der Waals surface area contributed by atoms with Crippen LogP contribution in [0.15, 0.2) is 18.2 Å². The third-order valence-electron chi connectivity index (χ3n) is 4.15. The molecule has 0 spiro atoms. The van der Waals surface area contributed by atoms with Crippen molar-refractivity contribution in [2.24, 2.45) is 0 Å². The van der Waals surface area contributed by atoms with Gasteiger partial charge in [0.1, 0.15) is 0 Å². The molecule has 21 heavy (non-hydrogen) atoms. The Morgan fingerprint density at radius 3 is 2.86 bits per heavy atom. The van der Waals surface area contributed by atoms with Gasteiger partial charge in [0, 0.05) is 50.5 Å². The minimum atomic E-state index is 0.153. The molecule has 2 heterocycles. The minimum Gasteiger partial charge on any atom is -0.369 e. The number of nitrogens with one attached hydrogen (secondary N) is 1. The fourth-order valence-corrected chi connectivity index (χ4v) is 3.05. The molecule has 2 aliphatic heterocycles. The highest BCUT2D eigenvalue weighted by Gasteiger charge is 2.27. The van der Waals surface area contributed by atoms with E-state index in [1.165, 1.54) is 5.69 Å². The fraction of sp³-hybridized carbons (Fsp3) is 0.500. The number of nitriles is 1. The second-order valence-electron chi connectivity index (χ2n) is 5.53. The standard InChI is InChI=1S/C16H20N4O/c17-5-1-2-8-20-15-4-3-14(11-13(15)12-16(20)21)19-9-6-18-7-10-19/h3-4,11,18H,1-2,6-10,12H2. The van der Waals surface area contributed by atoms with Gasteiger partial charge in [-0.05, 0) is 30.2 Å². The van der Waals surface area contributed by atoms with E-state index in [-0.39, 0.29) is 5.91 Å². The Morgan fingerprint density at radius 2 is 2.10 bits per heavy atom. The van der Waals surface area contributed by atoms with Crippen molar-refractivity contribution in [2.45, 2.75) is 19.3 Å². The van der Waals surface area contributed by atoms with E-state index in [0.717, 1.165) is 43.9 Å². The molecule has 110 valence electrons. The van der Waals surface area contributed by atoms with Gasteiger partial charge in [-0.3, -0.25) is 4.79 Å². The first-order valence-electron chi connectivity index (χ1n) is 7.55. The number of anilines is 2. The van der Waals surface area contributed by atoms with Crippen LogP contribution in [0.3, 0.4) is 0 Å². The van der Waals surface area contributed by atoms with Gasteiger partial charge in [0.2, 0.25) is 5.91 Å². The summed E-state index contributed by atoms with van der Waals surface area (Å²) < 4.78 is 0. The summed E-state index contributed by atoms with van der Waals surface area (Å²) in [5, 5.41) is 12.0. The predicted molar refractivity (Wildman–Crippen MR) is 82.4 cm³/mol. The van der Waals surface area contributed by atoms with E-state index in [1.807, 2.05) is 4.90 Å². The SMILES string of the molecule is N#CCCCN1C(=O)Cc2cc(N3CCNCC3)ccc21. The zero-order chi connectivity index (χ0) is 14.7. The van der Waals surface area contributed by atoms with E-state index in [9.17, 15) is 4.79 Å². The molecular formula is C16H20N4O. The number of carbonyl (C=O) groups excluding carboxylic acids is 1. The van der Waals surface area contributed by atoms with Crippen molar-refractivity contribution in [3.8, 4) is 6.07 Å². The average molecular weight is 284 g/mol. The number of fused-ring (bicyclic) bond motifs is 1. The van der Waals surface area contributed by atoms with Crippen molar-refractivity contribution in [3.05, 3.63) is 23.8 Å². The number of unbranched alkanes of at least 4 members (excludes halogenated alkanes) is 1.